The van der Waals surface area contributed by atoms with Gasteiger partial charge in [-0.05, 0) is 87.7 Å². The van der Waals surface area contributed by atoms with E-state index in [1.807, 2.05) is 6.92 Å². The summed E-state index contributed by atoms with van der Waals surface area (Å²) >= 11 is 0. The molecule has 162 valence electrons. The van der Waals surface area contributed by atoms with Crippen LogP contribution >= 0.6 is 0 Å². The van der Waals surface area contributed by atoms with Gasteiger partial charge in [0.15, 0.2) is 5.78 Å². The van der Waals surface area contributed by atoms with Crippen LogP contribution in [0.25, 0.3) is 0 Å². The maximum Gasteiger partial charge on any atom is 0.320 e. The number of aryl methyl sites for hydroxylation is 1. The molecular formula is C24H30FNO4. The van der Waals surface area contributed by atoms with E-state index in [1.165, 1.54) is 44.6 Å². The van der Waals surface area contributed by atoms with Crippen molar-refractivity contribution in [2.75, 3.05) is 6.61 Å². The van der Waals surface area contributed by atoms with Gasteiger partial charge in [-0.3, -0.25) is 14.9 Å². The van der Waals surface area contributed by atoms with Crippen molar-refractivity contribution in [2.45, 2.75) is 70.4 Å². The zero-order chi connectivity index (χ0) is 21.0. The second-order valence-corrected chi connectivity index (χ2v) is 10.4. The highest BCUT2D eigenvalue weighted by Gasteiger charge is 2.51. The van der Waals surface area contributed by atoms with E-state index in [1.54, 1.807) is 6.07 Å². The summed E-state index contributed by atoms with van der Waals surface area (Å²) in [6.07, 6.45) is 8.60. The fraction of sp³-hybridized carbons (Fsp3) is 0.667. The van der Waals surface area contributed by atoms with Crippen LogP contribution in [-0.2, 0) is 4.79 Å². The highest BCUT2D eigenvalue weighted by molar-refractivity contribution is 6.01. The summed E-state index contributed by atoms with van der Waals surface area (Å²) in [5.41, 5.74) is 1.00. The molecule has 1 saturated heterocycles. The molecule has 5 fully saturated rings. The number of halogens is 1. The number of benzene rings is 1. The number of aliphatic carboxylic acids is 1. The maximum absolute atomic E-state index is 14.8. The Morgan fingerprint density at radius 1 is 1.10 bits per heavy atom. The molecule has 5 nitrogen and oxygen atoms in total. The Hall–Kier alpha value is -1.95. The topological polar surface area (TPSA) is 75.6 Å². The van der Waals surface area contributed by atoms with Gasteiger partial charge in [-0.15, -0.1) is 0 Å². The van der Waals surface area contributed by atoms with Crippen molar-refractivity contribution in [2.24, 2.45) is 23.2 Å². The van der Waals surface area contributed by atoms with Gasteiger partial charge in [0, 0.05) is 11.5 Å². The Morgan fingerprint density at radius 2 is 1.70 bits per heavy atom. The summed E-state index contributed by atoms with van der Waals surface area (Å²) in [6.45, 7) is 2.47. The van der Waals surface area contributed by atoms with E-state index in [0.29, 0.717) is 25.2 Å². The average molecular weight is 416 g/mol. The molecule has 6 heteroatoms. The first-order chi connectivity index (χ1) is 14.3. The van der Waals surface area contributed by atoms with E-state index in [0.717, 1.165) is 23.3 Å². The molecule has 1 aromatic carbocycles. The van der Waals surface area contributed by atoms with Crippen LogP contribution in [0, 0.1) is 35.9 Å². The summed E-state index contributed by atoms with van der Waals surface area (Å²) < 4.78 is 21.0. The minimum absolute atomic E-state index is 0.0122. The zero-order valence-corrected chi connectivity index (χ0v) is 17.5. The normalized spacial score (nSPS) is 36.8. The fourth-order valence-corrected chi connectivity index (χ4v) is 7.04. The molecule has 2 N–H and O–H groups in total. The van der Waals surface area contributed by atoms with Gasteiger partial charge in [-0.2, -0.15) is 0 Å². The number of carbonyl (C=O) groups is 2. The van der Waals surface area contributed by atoms with Gasteiger partial charge < -0.3 is 9.84 Å². The lowest BCUT2D eigenvalue weighted by molar-refractivity contribution is -0.139. The van der Waals surface area contributed by atoms with Gasteiger partial charge in [0.25, 0.3) is 0 Å². The van der Waals surface area contributed by atoms with Crippen molar-refractivity contribution in [1.29, 1.82) is 0 Å². The second kappa shape index (κ2) is 7.33. The summed E-state index contributed by atoms with van der Waals surface area (Å²) in [4.78, 5) is 23.9. The molecule has 1 heterocycles. The third kappa shape index (κ3) is 3.53. The predicted octanol–water partition coefficient (Wildman–Crippen LogP) is 4.12. The molecule has 5 aliphatic rings. The maximum atomic E-state index is 14.8. The second-order valence-electron chi connectivity index (χ2n) is 10.4. The first-order valence-electron chi connectivity index (χ1n) is 11.3. The minimum atomic E-state index is -0.977. The highest BCUT2D eigenvalue weighted by atomic mass is 19.1. The number of hydrogen-bond acceptors (Lipinski definition) is 4. The molecule has 0 aromatic heterocycles. The summed E-state index contributed by atoms with van der Waals surface area (Å²) in [5.74, 6) is 1.08. The summed E-state index contributed by atoms with van der Waals surface area (Å²) in [7, 11) is 0. The van der Waals surface area contributed by atoms with Gasteiger partial charge in [0.2, 0.25) is 0 Å². The van der Waals surface area contributed by atoms with Crippen molar-refractivity contribution in [3.8, 4) is 5.75 Å². The van der Waals surface area contributed by atoms with E-state index in [4.69, 9.17) is 9.84 Å². The zero-order valence-electron chi connectivity index (χ0n) is 17.5. The third-order valence-corrected chi connectivity index (χ3v) is 7.99. The smallest absolute Gasteiger partial charge is 0.320 e. The molecule has 1 aromatic rings. The number of Topliss-reactive ketones (excluding diaryl/α,β-unsaturated/α-hetero) is 1. The lowest BCUT2D eigenvalue weighted by atomic mass is 9.50. The Balaban J connectivity index is 1.28. The van der Waals surface area contributed by atoms with E-state index in [-0.39, 0.29) is 16.8 Å². The summed E-state index contributed by atoms with van der Waals surface area (Å²) in [6, 6.07) is 1.50. The first kappa shape index (κ1) is 20.0. The van der Waals surface area contributed by atoms with Crippen LogP contribution in [0.5, 0.6) is 5.75 Å². The van der Waals surface area contributed by atoms with Crippen LogP contribution in [0.15, 0.2) is 12.1 Å². The molecule has 0 radical (unpaired) electrons. The number of ketones is 1. The monoisotopic (exact) mass is 415 g/mol. The van der Waals surface area contributed by atoms with Crippen LogP contribution in [-0.4, -0.2) is 35.5 Å². The van der Waals surface area contributed by atoms with Gasteiger partial charge in [-0.1, -0.05) is 0 Å². The molecule has 6 rings (SSSR count). The van der Waals surface area contributed by atoms with Crippen LogP contribution in [0.3, 0.4) is 0 Å². The number of nitrogens with one attached hydrogen (secondary N) is 1. The predicted molar refractivity (Wildman–Crippen MR) is 109 cm³/mol. The third-order valence-electron chi connectivity index (χ3n) is 7.99. The lowest BCUT2D eigenvalue weighted by Gasteiger charge is -2.56. The van der Waals surface area contributed by atoms with Gasteiger partial charge >= 0.3 is 5.97 Å². The van der Waals surface area contributed by atoms with Crippen LogP contribution in [0.4, 0.5) is 4.39 Å². The van der Waals surface area contributed by atoms with Gasteiger partial charge in [0.1, 0.15) is 17.6 Å². The fourth-order valence-electron chi connectivity index (χ4n) is 7.04. The molecular weight excluding hydrogens is 385 g/mol. The van der Waals surface area contributed by atoms with E-state index in [9.17, 15) is 14.0 Å². The quantitative estimate of drug-likeness (QED) is 0.684. The van der Waals surface area contributed by atoms with E-state index in [2.05, 4.69) is 5.32 Å². The molecule has 0 amide bonds. The Labute approximate surface area is 176 Å². The summed E-state index contributed by atoms with van der Waals surface area (Å²) in [5, 5.41) is 11.9. The van der Waals surface area contributed by atoms with Crippen molar-refractivity contribution in [1.82, 2.24) is 5.32 Å². The lowest BCUT2D eigenvalue weighted by Crippen LogP contribution is -2.48. The largest absolute Gasteiger partial charge is 0.493 e. The van der Waals surface area contributed by atoms with Crippen molar-refractivity contribution < 1.29 is 23.8 Å². The van der Waals surface area contributed by atoms with Crippen LogP contribution in [0.1, 0.15) is 67.3 Å². The molecule has 4 aliphatic carbocycles. The first-order valence-corrected chi connectivity index (χ1v) is 11.3. The molecule has 4 saturated carbocycles. The number of hydrogen-bond donors (Lipinski definition) is 2. The Bertz CT molecular complexity index is 847. The van der Waals surface area contributed by atoms with Gasteiger partial charge in [-0.25, -0.2) is 4.39 Å². The Morgan fingerprint density at radius 3 is 2.27 bits per heavy atom. The molecule has 1 aliphatic heterocycles. The number of carboxylic acid groups (broad SMARTS) is 1. The average Bonchev–Trinajstić information content (AvgIpc) is 3.17. The van der Waals surface area contributed by atoms with E-state index < -0.39 is 23.9 Å². The van der Waals surface area contributed by atoms with Gasteiger partial charge in [0.05, 0.1) is 18.2 Å². The van der Waals surface area contributed by atoms with Crippen molar-refractivity contribution in [3.05, 3.63) is 29.1 Å². The van der Waals surface area contributed by atoms with Crippen molar-refractivity contribution in [3.63, 3.8) is 0 Å². The standard InChI is InChI=1S/C24H30FNO4/c1-13-4-17(22(27)19-2-3-20(26-19)23(28)29)18(25)8-21(13)30-12-24-9-14-5-15(10-24)7-16(6-14)11-24/h4,8,14-16,19-20,26H,2-3,5-7,9-12H2,1H3,(H,28,29). The molecule has 2 atom stereocenters. The molecule has 30 heavy (non-hydrogen) atoms. The number of carboxylic acids is 1. The molecule has 2 unspecified atom stereocenters. The number of ether oxygens (including phenoxy) is 1. The number of carbonyl (C=O) groups excluding carboxylic acids is 1. The minimum Gasteiger partial charge on any atom is -0.493 e. The van der Waals surface area contributed by atoms with Crippen LogP contribution < -0.4 is 10.1 Å². The molecule has 0 spiro atoms. The SMILES string of the molecule is Cc1cc(C(=O)C2CCC(C(=O)O)N2)c(F)cc1OCC12CC3CC(CC(C3)C1)C2. The number of rotatable bonds is 6. The highest BCUT2D eigenvalue weighted by Crippen LogP contribution is 2.60. The van der Waals surface area contributed by atoms with Crippen molar-refractivity contribution >= 4 is 11.8 Å². The Kier molecular flexibility index (Phi) is 4.88. The molecule has 4 bridgehead atoms. The van der Waals surface area contributed by atoms with Crippen LogP contribution in [0.2, 0.25) is 0 Å². The van der Waals surface area contributed by atoms with E-state index >= 15 is 0 Å².